The minimum absolute atomic E-state index is 0.285. The van der Waals surface area contributed by atoms with Gasteiger partial charge in [-0.1, -0.05) is 36.4 Å². The monoisotopic (exact) mass is 464 g/mol. The predicted octanol–water partition coefficient (Wildman–Crippen LogP) is 5.47. The second-order valence-corrected chi connectivity index (χ2v) is 8.16. The van der Waals surface area contributed by atoms with E-state index in [1.54, 1.807) is 18.3 Å². The zero-order chi connectivity index (χ0) is 24.5. The number of hydrogen-bond donors (Lipinski definition) is 2. The van der Waals surface area contributed by atoms with Crippen molar-refractivity contribution in [2.45, 2.75) is 6.92 Å². The van der Waals surface area contributed by atoms with Gasteiger partial charge in [-0.25, -0.2) is 9.37 Å². The zero-order valence-electron chi connectivity index (χ0n) is 18.8. The Morgan fingerprint density at radius 3 is 2.43 bits per heavy atom. The molecule has 6 nitrogen and oxygen atoms in total. The van der Waals surface area contributed by atoms with Gasteiger partial charge >= 0.3 is 0 Å². The van der Waals surface area contributed by atoms with Crippen molar-refractivity contribution in [2.75, 3.05) is 5.32 Å². The zero-order valence-corrected chi connectivity index (χ0v) is 18.8. The summed E-state index contributed by atoms with van der Waals surface area (Å²) in [6.07, 6.45) is 3.61. The van der Waals surface area contributed by atoms with Crippen LogP contribution in [-0.4, -0.2) is 21.2 Å². The van der Waals surface area contributed by atoms with Crippen molar-refractivity contribution in [1.82, 2.24) is 9.38 Å². The Kier molecular flexibility index (Phi) is 5.58. The van der Waals surface area contributed by atoms with E-state index in [0.717, 1.165) is 22.2 Å². The van der Waals surface area contributed by atoms with Crippen LogP contribution in [0.1, 0.15) is 26.3 Å². The van der Waals surface area contributed by atoms with Crippen molar-refractivity contribution < 1.29 is 14.0 Å². The first-order valence-corrected chi connectivity index (χ1v) is 11.0. The molecule has 35 heavy (non-hydrogen) atoms. The molecule has 0 saturated carbocycles. The molecule has 0 unspecified atom stereocenters. The average molecular weight is 465 g/mol. The summed E-state index contributed by atoms with van der Waals surface area (Å²) in [6, 6.07) is 22.2. The second-order valence-electron chi connectivity index (χ2n) is 8.16. The summed E-state index contributed by atoms with van der Waals surface area (Å²) < 4.78 is 15.1. The van der Waals surface area contributed by atoms with Crippen molar-refractivity contribution in [3.63, 3.8) is 0 Å². The fourth-order valence-electron chi connectivity index (χ4n) is 4.12. The number of aryl methyl sites for hydroxylation is 1. The summed E-state index contributed by atoms with van der Waals surface area (Å²) in [5.41, 5.74) is 11.0. The predicted molar refractivity (Wildman–Crippen MR) is 134 cm³/mol. The molecule has 0 aliphatic rings. The molecule has 2 amide bonds. The van der Waals surface area contributed by atoms with Gasteiger partial charge in [-0.15, -0.1) is 0 Å². The topological polar surface area (TPSA) is 89.5 Å². The molecule has 0 radical (unpaired) electrons. The van der Waals surface area contributed by atoms with Crippen molar-refractivity contribution >= 4 is 23.0 Å². The van der Waals surface area contributed by atoms with E-state index in [4.69, 9.17) is 5.73 Å². The highest BCUT2D eigenvalue weighted by Gasteiger charge is 2.17. The number of nitrogens with two attached hydrogens (primary N) is 1. The summed E-state index contributed by atoms with van der Waals surface area (Å²) >= 11 is 0. The Labute approximate surface area is 200 Å². The van der Waals surface area contributed by atoms with Crippen LogP contribution in [0.5, 0.6) is 0 Å². The lowest BCUT2D eigenvalue weighted by Gasteiger charge is -2.12. The van der Waals surface area contributed by atoms with Gasteiger partial charge in [0.05, 0.1) is 17.3 Å². The Morgan fingerprint density at radius 1 is 0.914 bits per heavy atom. The molecule has 0 spiro atoms. The van der Waals surface area contributed by atoms with Gasteiger partial charge < -0.3 is 11.1 Å². The van der Waals surface area contributed by atoms with Crippen LogP contribution >= 0.6 is 0 Å². The first-order chi connectivity index (χ1) is 16.9. The third-order valence-electron chi connectivity index (χ3n) is 5.90. The van der Waals surface area contributed by atoms with E-state index in [2.05, 4.69) is 10.3 Å². The summed E-state index contributed by atoms with van der Waals surface area (Å²) in [6.45, 7) is 1.86. The Morgan fingerprint density at radius 2 is 1.66 bits per heavy atom. The SMILES string of the molecule is Cc1ccc(-c2cccn3c(-c4ccccc4C(N)=O)ncc23)cc1C(=O)Nc1ccc(F)cc1. The van der Waals surface area contributed by atoms with Crippen LogP contribution in [-0.2, 0) is 0 Å². The Balaban J connectivity index is 1.56. The molecule has 0 fully saturated rings. The highest BCUT2D eigenvalue weighted by molar-refractivity contribution is 6.06. The second kappa shape index (κ2) is 8.87. The van der Waals surface area contributed by atoms with Crippen molar-refractivity contribution in [3.05, 3.63) is 114 Å². The molecule has 7 heteroatoms. The van der Waals surface area contributed by atoms with Gasteiger partial charge in [0.2, 0.25) is 5.91 Å². The smallest absolute Gasteiger partial charge is 0.255 e. The summed E-state index contributed by atoms with van der Waals surface area (Å²) in [7, 11) is 0. The van der Waals surface area contributed by atoms with E-state index in [1.165, 1.54) is 24.3 Å². The largest absolute Gasteiger partial charge is 0.366 e. The molecule has 2 heterocycles. The molecular formula is C28H21FN4O2. The molecule has 2 aromatic heterocycles. The maximum Gasteiger partial charge on any atom is 0.255 e. The number of halogens is 1. The lowest BCUT2D eigenvalue weighted by atomic mass is 9.99. The molecule has 5 aromatic rings. The quantitative estimate of drug-likeness (QED) is 0.362. The lowest BCUT2D eigenvalue weighted by molar-refractivity contribution is 0.0998. The number of carbonyl (C=O) groups is 2. The molecule has 0 aliphatic carbocycles. The molecular weight excluding hydrogens is 443 g/mol. The molecule has 0 atom stereocenters. The number of anilines is 1. The highest BCUT2D eigenvalue weighted by Crippen LogP contribution is 2.31. The number of nitrogens with one attached hydrogen (secondary N) is 1. The van der Waals surface area contributed by atoms with Gasteiger partial charge in [-0.05, 0) is 60.5 Å². The molecule has 3 N–H and O–H groups in total. The number of nitrogens with zero attached hydrogens (tertiary/aromatic N) is 2. The fraction of sp³-hybridized carbons (Fsp3) is 0.0357. The summed E-state index contributed by atoms with van der Waals surface area (Å²) in [4.78, 5) is 29.5. The van der Waals surface area contributed by atoms with Gasteiger partial charge in [0.15, 0.2) is 0 Å². The number of pyridine rings is 1. The standard InChI is InChI=1S/C28H21FN4O2/c1-17-8-9-18(15-24(17)28(35)32-20-12-10-19(29)11-13-20)21-7-4-14-33-25(21)16-31-27(33)23-6-3-2-5-22(23)26(30)34/h2-16H,1H3,(H2,30,34)(H,32,35). The van der Waals surface area contributed by atoms with Crippen molar-refractivity contribution in [2.24, 2.45) is 5.73 Å². The van der Waals surface area contributed by atoms with Gasteiger partial charge in [-0.2, -0.15) is 0 Å². The fourth-order valence-corrected chi connectivity index (χ4v) is 4.12. The third-order valence-corrected chi connectivity index (χ3v) is 5.90. The van der Waals surface area contributed by atoms with E-state index in [9.17, 15) is 14.0 Å². The first-order valence-electron chi connectivity index (χ1n) is 11.0. The molecule has 172 valence electrons. The maximum atomic E-state index is 13.2. The van der Waals surface area contributed by atoms with Crippen LogP contribution in [0.3, 0.4) is 0 Å². The summed E-state index contributed by atoms with van der Waals surface area (Å²) in [5.74, 6) is -0.582. The molecule has 0 bridgehead atoms. The number of fused-ring (bicyclic) bond motifs is 1. The minimum atomic E-state index is -0.524. The van der Waals surface area contributed by atoms with Gasteiger partial charge in [0.1, 0.15) is 11.6 Å². The number of benzene rings is 3. The Bertz CT molecular complexity index is 1590. The highest BCUT2D eigenvalue weighted by atomic mass is 19.1. The lowest BCUT2D eigenvalue weighted by Crippen LogP contribution is -2.13. The summed E-state index contributed by atoms with van der Waals surface area (Å²) in [5, 5.41) is 2.82. The van der Waals surface area contributed by atoms with Gasteiger partial charge in [0, 0.05) is 28.6 Å². The number of carbonyl (C=O) groups excluding carboxylic acids is 2. The average Bonchev–Trinajstić information content (AvgIpc) is 3.30. The number of hydrogen-bond acceptors (Lipinski definition) is 3. The van der Waals surface area contributed by atoms with Crippen LogP contribution in [0.25, 0.3) is 28.0 Å². The van der Waals surface area contributed by atoms with Crippen LogP contribution in [0, 0.1) is 12.7 Å². The third kappa shape index (κ3) is 4.15. The van der Waals surface area contributed by atoms with E-state index in [0.29, 0.717) is 28.2 Å². The minimum Gasteiger partial charge on any atom is -0.366 e. The van der Waals surface area contributed by atoms with E-state index in [-0.39, 0.29) is 11.7 Å². The number of rotatable bonds is 5. The van der Waals surface area contributed by atoms with E-state index in [1.807, 2.05) is 60.0 Å². The van der Waals surface area contributed by atoms with Crippen LogP contribution < -0.4 is 11.1 Å². The van der Waals surface area contributed by atoms with Gasteiger partial charge in [-0.3, -0.25) is 14.0 Å². The molecule has 0 aliphatic heterocycles. The number of imidazole rings is 1. The van der Waals surface area contributed by atoms with Crippen molar-refractivity contribution in [1.29, 1.82) is 0 Å². The Hall–Kier alpha value is -4.78. The normalized spacial score (nSPS) is 10.9. The van der Waals surface area contributed by atoms with Crippen LogP contribution in [0.2, 0.25) is 0 Å². The number of amides is 2. The van der Waals surface area contributed by atoms with Crippen molar-refractivity contribution in [3.8, 4) is 22.5 Å². The number of primary amides is 1. The maximum absolute atomic E-state index is 13.2. The molecule has 5 rings (SSSR count). The first kappa shape index (κ1) is 22.0. The molecule has 3 aromatic carbocycles. The van der Waals surface area contributed by atoms with E-state index < -0.39 is 5.91 Å². The van der Waals surface area contributed by atoms with Gasteiger partial charge in [0.25, 0.3) is 5.91 Å². The molecule has 0 saturated heterocycles. The van der Waals surface area contributed by atoms with E-state index >= 15 is 0 Å². The number of aromatic nitrogens is 2. The van der Waals surface area contributed by atoms with Crippen LogP contribution in [0.15, 0.2) is 91.3 Å². The van der Waals surface area contributed by atoms with Crippen LogP contribution in [0.4, 0.5) is 10.1 Å².